The highest BCUT2D eigenvalue weighted by Gasteiger charge is 2.38. The molecule has 0 saturated carbocycles. The minimum absolute atomic E-state index is 0.00724. The average molecular weight is 507 g/mol. The number of ketones is 2. The molecule has 10 nitrogen and oxygen atoms in total. The Morgan fingerprint density at radius 3 is 2.71 bits per heavy atom. The van der Waals surface area contributed by atoms with E-state index in [9.17, 15) is 19.8 Å². The number of ether oxygens (including phenoxy) is 3. The van der Waals surface area contributed by atoms with Gasteiger partial charge in [-0.05, 0) is 31.2 Å². The number of aliphatic hydroxyl groups excluding tert-OH is 1. The van der Waals surface area contributed by atoms with Crippen LogP contribution in [0, 0.1) is 18.8 Å². The maximum absolute atomic E-state index is 13.5. The number of allylic oxidation sites excluding steroid dienone is 2. The number of carbonyl (C=O) groups excluding carboxylic acids is 2. The lowest BCUT2D eigenvalue weighted by molar-refractivity contribution is -0.165. The van der Waals surface area contributed by atoms with Gasteiger partial charge in [0.05, 0.1) is 23.1 Å². The van der Waals surface area contributed by atoms with Crippen LogP contribution in [-0.4, -0.2) is 58.1 Å². The molecule has 2 heterocycles. The van der Waals surface area contributed by atoms with Crippen molar-refractivity contribution in [2.45, 2.75) is 45.8 Å². The number of aromatic hydroxyl groups is 1. The summed E-state index contributed by atoms with van der Waals surface area (Å²) in [5.74, 6) is -3.01. The van der Waals surface area contributed by atoms with Crippen LogP contribution in [-0.2, 0) is 14.3 Å². The summed E-state index contributed by atoms with van der Waals surface area (Å²) in [6.45, 7) is 4.14. The molecule has 35 heavy (non-hydrogen) atoms. The van der Waals surface area contributed by atoms with Crippen LogP contribution in [0.1, 0.15) is 48.9 Å². The van der Waals surface area contributed by atoms with E-state index in [4.69, 9.17) is 30.2 Å². The third kappa shape index (κ3) is 5.50. The Balaban J connectivity index is 1.65. The molecule has 2 N–H and O–H groups in total. The van der Waals surface area contributed by atoms with E-state index < -0.39 is 23.4 Å². The van der Waals surface area contributed by atoms with Gasteiger partial charge in [-0.1, -0.05) is 18.5 Å². The summed E-state index contributed by atoms with van der Waals surface area (Å²) in [6, 6.07) is 1.43. The number of hydrogen-bond acceptors (Lipinski definition) is 10. The van der Waals surface area contributed by atoms with Crippen LogP contribution in [0.5, 0.6) is 11.5 Å². The summed E-state index contributed by atoms with van der Waals surface area (Å²) in [6.07, 6.45) is 3.61. The van der Waals surface area contributed by atoms with Crippen molar-refractivity contribution in [3.63, 3.8) is 0 Å². The van der Waals surface area contributed by atoms with E-state index >= 15 is 0 Å². The van der Waals surface area contributed by atoms with Crippen LogP contribution in [0.3, 0.4) is 0 Å². The first-order valence-electron chi connectivity index (χ1n) is 11.5. The maximum Gasteiger partial charge on any atom is 0.249 e. The second kappa shape index (κ2) is 10.8. The van der Waals surface area contributed by atoms with Gasteiger partial charge in [0.1, 0.15) is 29.4 Å². The number of hydrogen-bond donors (Lipinski definition) is 2. The quantitative estimate of drug-likeness (QED) is 0.395. The maximum atomic E-state index is 13.5. The van der Waals surface area contributed by atoms with Crippen LogP contribution < -0.4 is 4.74 Å². The first-order valence-corrected chi connectivity index (χ1v) is 11.8. The molecular formula is C24H27ClN2O8. The van der Waals surface area contributed by atoms with E-state index in [2.05, 4.69) is 10.2 Å². The van der Waals surface area contributed by atoms with Gasteiger partial charge in [0, 0.05) is 26.0 Å². The lowest BCUT2D eigenvalue weighted by atomic mass is 9.78. The zero-order valence-electron chi connectivity index (χ0n) is 19.5. The number of phenols is 1. The number of rotatable bonds is 8. The largest absolute Gasteiger partial charge is 0.511 e. The lowest BCUT2D eigenvalue weighted by Gasteiger charge is -2.26. The lowest BCUT2D eigenvalue weighted by Crippen LogP contribution is -2.30. The van der Waals surface area contributed by atoms with Gasteiger partial charge >= 0.3 is 0 Å². The molecule has 1 aromatic carbocycles. The molecule has 1 saturated heterocycles. The van der Waals surface area contributed by atoms with Gasteiger partial charge < -0.3 is 28.8 Å². The standard InChI is InChI=1S/C24H27ClN2O8/c1-12-9-14(28)10-16(29)19(12)22(30)20-17(32-7-8-34-18-5-3-4-6-33-18)11-15(21(25)23(20)31)24-27-26-13(2)35-24/h10-12,18-19,29,31H,3-9H2,1-2H3/t12?,18?,19-/m1/s1. The number of benzene rings is 1. The van der Waals surface area contributed by atoms with Crippen molar-refractivity contribution >= 4 is 23.2 Å². The molecule has 2 aromatic rings. The number of aryl methyl sites for hydroxylation is 1. The molecule has 2 aliphatic rings. The molecule has 0 radical (unpaired) electrons. The monoisotopic (exact) mass is 506 g/mol. The van der Waals surface area contributed by atoms with Crippen molar-refractivity contribution in [1.82, 2.24) is 10.2 Å². The van der Waals surface area contributed by atoms with Crippen LogP contribution in [0.2, 0.25) is 5.02 Å². The fraction of sp³-hybridized carbons (Fsp3) is 0.500. The van der Waals surface area contributed by atoms with Gasteiger partial charge in [-0.3, -0.25) is 9.59 Å². The minimum Gasteiger partial charge on any atom is -0.511 e. The highest BCUT2D eigenvalue weighted by molar-refractivity contribution is 6.35. The normalized spacial score (nSPS) is 22.7. The van der Waals surface area contributed by atoms with Crippen molar-refractivity contribution in [3.05, 3.63) is 34.4 Å². The molecule has 2 unspecified atom stereocenters. The van der Waals surface area contributed by atoms with Gasteiger partial charge in [-0.25, -0.2) is 0 Å². The number of halogens is 1. The Labute approximate surface area is 206 Å². The highest BCUT2D eigenvalue weighted by atomic mass is 35.5. The van der Waals surface area contributed by atoms with E-state index in [1.165, 1.54) is 6.07 Å². The van der Waals surface area contributed by atoms with Crippen LogP contribution in [0.25, 0.3) is 11.5 Å². The first-order chi connectivity index (χ1) is 16.8. The van der Waals surface area contributed by atoms with E-state index in [1.807, 2.05) is 0 Å². The molecule has 4 rings (SSSR count). The van der Waals surface area contributed by atoms with Crippen molar-refractivity contribution in [2.75, 3.05) is 19.8 Å². The third-order valence-corrected chi connectivity index (χ3v) is 6.37. The van der Waals surface area contributed by atoms with Gasteiger partial charge in [0.2, 0.25) is 11.8 Å². The Kier molecular flexibility index (Phi) is 7.73. The predicted molar refractivity (Wildman–Crippen MR) is 124 cm³/mol. The summed E-state index contributed by atoms with van der Waals surface area (Å²) >= 11 is 6.40. The van der Waals surface area contributed by atoms with Gasteiger partial charge in [-0.2, -0.15) is 0 Å². The second-order valence-corrected chi connectivity index (χ2v) is 9.04. The fourth-order valence-electron chi connectivity index (χ4n) is 4.30. The van der Waals surface area contributed by atoms with Crippen LogP contribution in [0.15, 0.2) is 22.3 Å². The van der Waals surface area contributed by atoms with Gasteiger partial charge in [0.25, 0.3) is 0 Å². The van der Waals surface area contributed by atoms with Gasteiger partial charge in [0.15, 0.2) is 17.9 Å². The first kappa shape index (κ1) is 25.2. The highest BCUT2D eigenvalue weighted by Crippen LogP contribution is 2.45. The average Bonchev–Trinajstić information content (AvgIpc) is 3.24. The molecule has 1 fully saturated rings. The van der Waals surface area contributed by atoms with E-state index in [0.717, 1.165) is 25.3 Å². The minimum atomic E-state index is -1.04. The van der Waals surface area contributed by atoms with Crippen molar-refractivity contribution < 1.29 is 38.4 Å². The molecule has 0 amide bonds. The Morgan fingerprint density at radius 2 is 2.06 bits per heavy atom. The molecule has 11 heteroatoms. The molecule has 188 valence electrons. The summed E-state index contributed by atoms with van der Waals surface area (Å²) in [4.78, 5) is 25.3. The zero-order valence-corrected chi connectivity index (χ0v) is 20.2. The summed E-state index contributed by atoms with van der Waals surface area (Å²) in [5.41, 5.74) is -0.0328. The smallest absolute Gasteiger partial charge is 0.249 e. The number of nitrogens with zero attached hydrogens (tertiary/aromatic N) is 2. The third-order valence-electron chi connectivity index (χ3n) is 5.99. The molecule has 1 aliphatic heterocycles. The molecule has 3 atom stereocenters. The Bertz CT molecular complexity index is 1140. The summed E-state index contributed by atoms with van der Waals surface area (Å²) in [7, 11) is 0. The summed E-state index contributed by atoms with van der Waals surface area (Å²) < 4.78 is 22.5. The molecule has 0 bridgehead atoms. The number of aromatic nitrogens is 2. The van der Waals surface area contributed by atoms with Gasteiger partial charge in [-0.15, -0.1) is 10.2 Å². The zero-order chi connectivity index (χ0) is 25.1. The van der Waals surface area contributed by atoms with Crippen molar-refractivity contribution in [2.24, 2.45) is 11.8 Å². The van der Waals surface area contributed by atoms with E-state index in [1.54, 1.807) is 13.8 Å². The molecule has 1 aliphatic carbocycles. The van der Waals surface area contributed by atoms with E-state index in [-0.39, 0.29) is 71.1 Å². The predicted octanol–water partition coefficient (Wildman–Crippen LogP) is 4.18. The number of aliphatic hydroxyl groups is 1. The van der Waals surface area contributed by atoms with Crippen LogP contribution >= 0.6 is 11.6 Å². The molecule has 1 aromatic heterocycles. The molecular weight excluding hydrogens is 480 g/mol. The topological polar surface area (TPSA) is 141 Å². The SMILES string of the molecule is Cc1nnc(-c2cc(OCCOC3CCCCO3)c(C(=O)[C@H]3C(O)=CC(=O)CC3C)c(O)c2Cl)o1. The number of Topliss-reactive ketones (excluding diaryl/α,β-unsaturated/α-hetero) is 1. The van der Waals surface area contributed by atoms with E-state index in [0.29, 0.717) is 6.61 Å². The van der Waals surface area contributed by atoms with Crippen LogP contribution in [0.4, 0.5) is 0 Å². The second-order valence-electron chi connectivity index (χ2n) is 8.66. The summed E-state index contributed by atoms with van der Waals surface area (Å²) in [5, 5.41) is 28.9. The Hall–Kier alpha value is -2.95. The number of carbonyl (C=O) groups is 2. The van der Waals surface area contributed by atoms with Crippen molar-refractivity contribution in [1.29, 1.82) is 0 Å². The number of phenolic OH excluding ortho intramolecular Hbond substituents is 1. The Morgan fingerprint density at radius 1 is 1.26 bits per heavy atom. The fourth-order valence-corrected chi connectivity index (χ4v) is 4.53. The molecule has 0 spiro atoms. The van der Waals surface area contributed by atoms with Crippen molar-refractivity contribution in [3.8, 4) is 23.0 Å².